The SMILES string of the molecule is CC(O)Cc1cccc2c1CNCCC2. The molecule has 1 unspecified atom stereocenters. The van der Waals surface area contributed by atoms with E-state index in [-0.39, 0.29) is 6.10 Å². The summed E-state index contributed by atoms with van der Waals surface area (Å²) >= 11 is 0. The van der Waals surface area contributed by atoms with Crippen LogP contribution >= 0.6 is 0 Å². The van der Waals surface area contributed by atoms with Gasteiger partial charge in [-0.15, -0.1) is 0 Å². The maximum absolute atomic E-state index is 9.46. The molecule has 0 aromatic heterocycles. The highest BCUT2D eigenvalue weighted by atomic mass is 16.3. The van der Waals surface area contributed by atoms with E-state index in [2.05, 4.69) is 23.5 Å². The van der Waals surface area contributed by atoms with Gasteiger partial charge < -0.3 is 10.4 Å². The molecule has 2 heteroatoms. The Bertz CT molecular complexity index is 333. The van der Waals surface area contributed by atoms with Gasteiger partial charge in [0, 0.05) is 6.54 Å². The van der Waals surface area contributed by atoms with Crippen molar-refractivity contribution in [1.29, 1.82) is 0 Å². The van der Waals surface area contributed by atoms with Gasteiger partial charge in [-0.1, -0.05) is 18.2 Å². The second-order valence-corrected chi connectivity index (χ2v) is 4.39. The van der Waals surface area contributed by atoms with Gasteiger partial charge in [-0.3, -0.25) is 0 Å². The van der Waals surface area contributed by atoms with E-state index in [4.69, 9.17) is 0 Å². The fourth-order valence-electron chi connectivity index (χ4n) is 2.28. The molecule has 0 saturated heterocycles. The van der Waals surface area contributed by atoms with Crippen LogP contribution in [0.3, 0.4) is 0 Å². The number of hydrogen-bond acceptors (Lipinski definition) is 2. The summed E-state index contributed by atoms with van der Waals surface area (Å²) in [4.78, 5) is 0. The van der Waals surface area contributed by atoms with Gasteiger partial charge in [0.15, 0.2) is 0 Å². The summed E-state index contributed by atoms with van der Waals surface area (Å²) in [6.07, 6.45) is 2.89. The first-order valence-electron chi connectivity index (χ1n) is 5.76. The first-order chi connectivity index (χ1) is 7.27. The lowest BCUT2D eigenvalue weighted by Gasteiger charge is -2.13. The average molecular weight is 205 g/mol. The number of aliphatic hydroxyl groups excluding tert-OH is 1. The Kier molecular flexibility index (Phi) is 3.39. The zero-order valence-corrected chi connectivity index (χ0v) is 9.29. The fourth-order valence-corrected chi connectivity index (χ4v) is 2.28. The van der Waals surface area contributed by atoms with E-state index in [0.717, 1.165) is 25.9 Å². The highest BCUT2D eigenvalue weighted by molar-refractivity contribution is 5.36. The molecule has 15 heavy (non-hydrogen) atoms. The van der Waals surface area contributed by atoms with Crippen LogP contribution in [0.15, 0.2) is 18.2 Å². The standard InChI is InChI=1S/C13H19NO/c1-10(15)8-12-5-2-4-11-6-3-7-14-9-13(11)12/h2,4-5,10,14-15H,3,6-9H2,1H3. The van der Waals surface area contributed by atoms with E-state index in [1.54, 1.807) is 0 Å². The molecule has 1 aromatic rings. The minimum absolute atomic E-state index is 0.250. The largest absolute Gasteiger partial charge is 0.393 e. The second kappa shape index (κ2) is 4.77. The number of hydrogen-bond donors (Lipinski definition) is 2. The van der Waals surface area contributed by atoms with Gasteiger partial charge in [-0.05, 0) is 49.4 Å². The number of nitrogens with one attached hydrogen (secondary N) is 1. The van der Waals surface area contributed by atoms with E-state index in [1.165, 1.54) is 23.1 Å². The Hall–Kier alpha value is -0.860. The summed E-state index contributed by atoms with van der Waals surface area (Å²) in [5.41, 5.74) is 4.17. The van der Waals surface area contributed by atoms with E-state index in [1.807, 2.05) is 6.92 Å². The molecule has 0 saturated carbocycles. The molecule has 1 atom stereocenters. The summed E-state index contributed by atoms with van der Waals surface area (Å²) in [6.45, 7) is 3.91. The van der Waals surface area contributed by atoms with Crippen LogP contribution in [0.4, 0.5) is 0 Å². The van der Waals surface area contributed by atoms with Crippen molar-refractivity contribution in [3.05, 3.63) is 34.9 Å². The van der Waals surface area contributed by atoms with E-state index < -0.39 is 0 Å². The van der Waals surface area contributed by atoms with Crippen LogP contribution in [0.5, 0.6) is 0 Å². The number of benzene rings is 1. The molecule has 1 aliphatic heterocycles. The van der Waals surface area contributed by atoms with E-state index in [0.29, 0.717) is 0 Å². The first kappa shape index (κ1) is 10.7. The third kappa shape index (κ3) is 2.58. The molecule has 1 aromatic carbocycles. The Labute approximate surface area is 91.3 Å². The number of fused-ring (bicyclic) bond motifs is 1. The molecular weight excluding hydrogens is 186 g/mol. The van der Waals surface area contributed by atoms with Crippen LogP contribution in [0.1, 0.15) is 30.0 Å². The Morgan fingerprint density at radius 1 is 1.47 bits per heavy atom. The van der Waals surface area contributed by atoms with Crippen LogP contribution in [-0.2, 0) is 19.4 Å². The molecule has 82 valence electrons. The van der Waals surface area contributed by atoms with Gasteiger partial charge in [-0.2, -0.15) is 0 Å². The number of rotatable bonds is 2. The normalized spacial score (nSPS) is 18.0. The summed E-state index contributed by atoms with van der Waals surface area (Å²) in [6, 6.07) is 6.47. The molecular formula is C13H19NO. The molecule has 2 N–H and O–H groups in total. The molecule has 0 spiro atoms. The molecule has 0 aliphatic carbocycles. The third-order valence-electron chi connectivity index (χ3n) is 2.99. The van der Waals surface area contributed by atoms with Crippen molar-refractivity contribution >= 4 is 0 Å². The highest BCUT2D eigenvalue weighted by Gasteiger charge is 2.12. The Balaban J connectivity index is 2.30. The van der Waals surface area contributed by atoms with Crippen molar-refractivity contribution < 1.29 is 5.11 Å². The summed E-state index contributed by atoms with van der Waals surface area (Å²) in [5, 5.41) is 12.9. The van der Waals surface area contributed by atoms with Gasteiger partial charge in [-0.25, -0.2) is 0 Å². The van der Waals surface area contributed by atoms with Crippen LogP contribution in [0.25, 0.3) is 0 Å². The molecule has 0 radical (unpaired) electrons. The molecule has 0 amide bonds. The lowest BCUT2D eigenvalue weighted by atomic mass is 9.95. The lowest BCUT2D eigenvalue weighted by Crippen LogP contribution is -2.15. The second-order valence-electron chi connectivity index (χ2n) is 4.39. The van der Waals surface area contributed by atoms with Gasteiger partial charge >= 0.3 is 0 Å². The average Bonchev–Trinajstić information content (AvgIpc) is 2.42. The molecule has 1 aliphatic rings. The molecule has 2 rings (SSSR count). The fraction of sp³-hybridized carbons (Fsp3) is 0.538. The van der Waals surface area contributed by atoms with Crippen molar-refractivity contribution in [3.8, 4) is 0 Å². The number of aliphatic hydroxyl groups is 1. The zero-order chi connectivity index (χ0) is 10.7. The van der Waals surface area contributed by atoms with Crippen molar-refractivity contribution in [1.82, 2.24) is 5.32 Å². The molecule has 1 heterocycles. The minimum Gasteiger partial charge on any atom is -0.393 e. The molecule has 0 fully saturated rings. The van der Waals surface area contributed by atoms with Gasteiger partial charge in [0.1, 0.15) is 0 Å². The third-order valence-corrected chi connectivity index (χ3v) is 2.99. The minimum atomic E-state index is -0.250. The maximum Gasteiger partial charge on any atom is 0.0552 e. The number of aryl methyl sites for hydroxylation is 1. The predicted molar refractivity (Wildman–Crippen MR) is 61.9 cm³/mol. The van der Waals surface area contributed by atoms with Gasteiger partial charge in [0.05, 0.1) is 6.10 Å². The van der Waals surface area contributed by atoms with E-state index >= 15 is 0 Å². The Morgan fingerprint density at radius 2 is 2.33 bits per heavy atom. The summed E-state index contributed by atoms with van der Waals surface area (Å²) in [5.74, 6) is 0. The van der Waals surface area contributed by atoms with Crippen molar-refractivity contribution in [2.45, 2.75) is 38.8 Å². The lowest BCUT2D eigenvalue weighted by molar-refractivity contribution is 0.195. The quantitative estimate of drug-likeness (QED) is 0.769. The van der Waals surface area contributed by atoms with Crippen molar-refractivity contribution in [2.24, 2.45) is 0 Å². The van der Waals surface area contributed by atoms with Crippen LogP contribution in [0, 0.1) is 0 Å². The smallest absolute Gasteiger partial charge is 0.0552 e. The van der Waals surface area contributed by atoms with Crippen molar-refractivity contribution in [3.63, 3.8) is 0 Å². The zero-order valence-electron chi connectivity index (χ0n) is 9.29. The first-order valence-corrected chi connectivity index (χ1v) is 5.76. The molecule has 2 nitrogen and oxygen atoms in total. The van der Waals surface area contributed by atoms with E-state index in [9.17, 15) is 5.11 Å². The monoisotopic (exact) mass is 205 g/mol. The maximum atomic E-state index is 9.46. The highest BCUT2D eigenvalue weighted by Crippen LogP contribution is 2.20. The van der Waals surface area contributed by atoms with Gasteiger partial charge in [0.2, 0.25) is 0 Å². The predicted octanol–water partition coefficient (Wildman–Crippen LogP) is 1.65. The topological polar surface area (TPSA) is 32.3 Å². The Morgan fingerprint density at radius 3 is 3.13 bits per heavy atom. The molecule has 0 bridgehead atoms. The van der Waals surface area contributed by atoms with Gasteiger partial charge in [0.25, 0.3) is 0 Å². The van der Waals surface area contributed by atoms with Crippen molar-refractivity contribution in [2.75, 3.05) is 6.54 Å². The van der Waals surface area contributed by atoms with Crippen LogP contribution in [-0.4, -0.2) is 17.8 Å². The van der Waals surface area contributed by atoms with Crippen LogP contribution in [0.2, 0.25) is 0 Å². The summed E-state index contributed by atoms with van der Waals surface area (Å²) < 4.78 is 0. The van der Waals surface area contributed by atoms with Crippen LogP contribution < -0.4 is 5.32 Å². The summed E-state index contributed by atoms with van der Waals surface area (Å²) in [7, 11) is 0.